The average Bonchev–Trinajstić information content (AvgIpc) is 2.96. The molecule has 2 N–H and O–H groups in total. The number of unbranched alkanes of at least 4 members (excludes halogenated alkanes) is 1. The van der Waals surface area contributed by atoms with Crippen molar-refractivity contribution in [3.8, 4) is 0 Å². The molecule has 1 atom stereocenters. The standard InChI is InChI=1S/C11H23NO2/c1-3-4-7-14-9-11(2,8-13)12-10-5-6-10/h10,12-13H,3-9H2,1-2H3. The van der Waals surface area contributed by atoms with E-state index in [4.69, 9.17) is 4.74 Å². The van der Waals surface area contributed by atoms with Gasteiger partial charge in [-0.1, -0.05) is 13.3 Å². The van der Waals surface area contributed by atoms with Crippen LogP contribution in [0.1, 0.15) is 39.5 Å². The van der Waals surface area contributed by atoms with Crippen LogP contribution in [0.3, 0.4) is 0 Å². The summed E-state index contributed by atoms with van der Waals surface area (Å²) < 4.78 is 5.54. The van der Waals surface area contributed by atoms with Crippen LogP contribution in [0.5, 0.6) is 0 Å². The largest absolute Gasteiger partial charge is 0.394 e. The van der Waals surface area contributed by atoms with Gasteiger partial charge in [0.2, 0.25) is 0 Å². The second kappa shape index (κ2) is 5.69. The van der Waals surface area contributed by atoms with E-state index in [0.29, 0.717) is 12.6 Å². The molecule has 3 nitrogen and oxygen atoms in total. The van der Waals surface area contributed by atoms with Crippen molar-refractivity contribution in [2.45, 2.75) is 51.1 Å². The fraction of sp³-hybridized carbons (Fsp3) is 1.00. The number of aliphatic hydroxyl groups is 1. The molecular weight excluding hydrogens is 178 g/mol. The molecular formula is C11H23NO2. The minimum Gasteiger partial charge on any atom is -0.394 e. The Morgan fingerprint density at radius 3 is 2.71 bits per heavy atom. The lowest BCUT2D eigenvalue weighted by Crippen LogP contribution is -2.50. The predicted molar refractivity (Wildman–Crippen MR) is 57.4 cm³/mol. The first kappa shape index (κ1) is 12.0. The molecule has 1 unspecified atom stereocenters. The Balaban J connectivity index is 2.14. The number of rotatable bonds is 8. The van der Waals surface area contributed by atoms with Crippen molar-refractivity contribution in [2.24, 2.45) is 0 Å². The highest BCUT2D eigenvalue weighted by Gasteiger charge is 2.31. The molecule has 84 valence electrons. The highest BCUT2D eigenvalue weighted by molar-refractivity contribution is 4.92. The predicted octanol–water partition coefficient (Wildman–Crippen LogP) is 1.31. The molecule has 0 radical (unpaired) electrons. The number of nitrogens with one attached hydrogen (secondary N) is 1. The molecule has 1 saturated carbocycles. The maximum absolute atomic E-state index is 9.28. The van der Waals surface area contributed by atoms with Gasteiger partial charge >= 0.3 is 0 Å². The van der Waals surface area contributed by atoms with E-state index >= 15 is 0 Å². The Morgan fingerprint density at radius 1 is 1.50 bits per heavy atom. The van der Waals surface area contributed by atoms with Gasteiger partial charge < -0.3 is 15.2 Å². The lowest BCUT2D eigenvalue weighted by molar-refractivity contribution is 0.0422. The van der Waals surface area contributed by atoms with E-state index in [0.717, 1.165) is 19.4 Å². The molecule has 0 aliphatic heterocycles. The van der Waals surface area contributed by atoms with Crippen LogP contribution in [0, 0.1) is 0 Å². The zero-order valence-corrected chi connectivity index (χ0v) is 9.38. The zero-order chi connectivity index (χ0) is 10.4. The molecule has 1 rings (SSSR count). The van der Waals surface area contributed by atoms with E-state index in [9.17, 15) is 5.11 Å². The molecule has 0 amide bonds. The van der Waals surface area contributed by atoms with Crippen molar-refractivity contribution in [3.63, 3.8) is 0 Å². The highest BCUT2D eigenvalue weighted by atomic mass is 16.5. The van der Waals surface area contributed by atoms with Crippen LogP contribution in [0.4, 0.5) is 0 Å². The molecule has 0 aromatic heterocycles. The van der Waals surface area contributed by atoms with Gasteiger partial charge in [-0.3, -0.25) is 0 Å². The van der Waals surface area contributed by atoms with Gasteiger partial charge in [-0.25, -0.2) is 0 Å². The fourth-order valence-electron chi connectivity index (χ4n) is 1.40. The first-order valence-corrected chi connectivity index (χ1v) is 5.66. The summed E-state index contributed by atoms with van der Waals surface area (Å²) >= 11 is 0. The molecule has 0 aromatic carbocycles. The second-order valence-corrected chi connectivity index (χ2v) is 4.54. The van der Waals surface area contributed by atoms with Crippen molar-refractivity contribution in [1.29, 1.82) is 0 Å². The summed E-state index contributed by atoms with van der Waals surface area (Å²) in [4.78, 5) is 0. The quantitative estimate of drug-likeness (QED) is 0.582. The molecule has 14 heavy (non-hydrogen) atoms. The number of hydrogen-bond donors (Lipinski definition) is 2. The Hall–Kier alpha value is -0.120. The maximum atomic E-state index is 9.28. The van der Waals surface area contributed by atoms with E-state index < -0.39 is 0 Å². The van der Waals surface area contributed by atoms with Gasteiger partial charge in [-0.15, -0.1) is 0 Å². The van der Waals surface area contributed by atoms with Crippen molar-refractivity contribution < 1.29 is 9.84 Å². The molecule has 1 fully saturated rings. The van der Waals surface area contributed by atoms with Crippen molar-refractivity contribution in [2.75, 3.05) is 19.8 Å². The monoisotopic (exact) mass is 201 g/mol. The summed E-state index contributed by atoms with van der Waals surface area (Å²) in [6.45, 7) is 5.74. The number of hydrogen-bond acceptors (Lipinski definition) is 3. The van der Waals surface area contributed by atoms with Crippen LogP contribution in [0.15, 0.2) is 0 Å². The van der Waals surface area contributed by atoms with Crippen LogP contribution < -0.4 is 5.32 Å². The summed E-state index contributed by atoms with van der Waals surface area (Å²) in [7, 11) is 0. The van der Waals surface area contributed by atoms with E-state index in [1.807, 2.05) is 6.92 Å². The fourth-order valence-corrected chi connectivity index (χ4v) is 1.40. The molecule has 0 bridgehead atoms. The zero-order valence-electron chi connectivity index (χ0n) is 9.38. The topological polar surface area (TPSA) is 41.5 Å². The SMILES string of the molecule is CCCCOCC(C)(CO)NC1CC1. The van der Waals surface area contributed by atoms with Crippen molar-refractivity contribution in [3.05, 3.63) is 0 Å². The normalized spacial score (nSPS) is 20.8. The molecule has 1 aliphatic rings. The van der Waals surface area contributed by atoms with Crippen LogP contribution in [0.2, 0.25) is 0 Å². The van der Waals surface area contributed by atoms with Gasteiger partial charge in [-0.05, 0) is 26.2 Å². The molecule has 3 heteroatoms. The third-order valence-corrected chi connectivity index (χ3v) is 2.54. The highest BCUT2D eigenvalue weighted by Crippen LogP contribution is 2.22. The minimum atomic E-state index is -0.241. The van der Waals surface area contributed by atoms with E-state index in [-0.39, 0.29) is 12.1 Å². The Morgan fingerprint density at radius 2 is 2.21 bits per heavy atom. The Bertz CT molecular complexity index is 159. The maximum Gasteiger partial charge on any atom is 0.0668 e. The van der Waals surface area contributed by atoms with E-state index in [2.05, 4.69) is 12.2 Å². The van der Waals surface area contributed by atoms with Crippen LogP contribution in [0.25, 0.3) is 0 Å². The number of ether oxygens (including phenoxy) is 1. The summed E-state index contributed by atoms with van der Waals surface area (Å²) in [6.07, 6.45) is 4.74. The van der Waals surface area contributed by atoms with Gasteiger partial charge in [0.1, 0.15) is 0 Å². The van der Waals surface area contributed by atoms with Gasteiger partial charge in [-0.2, -0.15) is 0 Å². The van der Waals surface area contributed by atoms with Crippen LogP contribution >= 0.6 is 0 Å². The molecule has 0 aromatic rings. The summed E-state index contributed by atoms with van der Waals surface area (Å²) in [5.41, 5.74) is -0.241. The van der Waals surface area contributed by atoms with Gasteiger partial charge in [0, 0.05) is 12.6 Å². The van der Waals surface area contributed by atoms with Gasteiger partial charge in [0.25, 0.3) is 0 Å². The Labute approximate surface area is 86.8 Å². The second-order valence-electron chi connectivity index (χ2n) is 4.54. The van der Waals surface area contributed by atoms with Gasteiger partial charge in [0.15, 0.2) is 0 Å². The third kappa shape index (κ3) is 4.40. The molecule has 0 spiro atoms. The van der Waals surface area contributed by atoms with Crippen molar-refractivity contribution >= 4 is 0 Å². The van der Waals surface area contributed by atoms with Crippen LogP contribution in [-0.2, 0) is 4.74 Å². The summed E-state index contributed by atoms with van der Waals surface area (Å²) in [5.74, 6) is 0. The minimum absolute atomic E-state index is 0.148. The van der Waals surface area contributed by atoms with Crippen LogP contribution in [-0.4, -0.2) is 36.5 Å². The molecule has 0 heterocycles. The first-order chi connectivity index (χ1) is 6.70. The number of aliphatic hydroxyl groups excluding tert-OH is 1. The lowest BCUT2D eigenvalue weighted by atomic mass is 10.1. The first-order valence-electron chi connectivity index (χ1n) is 5.66. The molecule has 0 saturated heterocycles. The summed E-state index contributed by atoms with van der Waals surface area (Å²) in [6, 6.07) is 0.613. The third-order valence-electron chi connectivity index (χ3n) is 2.54. The van der Waals surface area contributed by atoms with Gasteiger partial charge in [0.05, 0.1) is 18.8 Å². The van der Waals surface area contributed by atoms with E-state index in [1.54, 1.807) is 0 Å². The average molecular weight is 201 g/mol. The van der Waals surface area contributed by atoms with Crippen molar-refractivity contribution in [1.82, 2.24) is 5.32 Å². The smallest absolute Gasteiger partial charge is 0.0668 e. The lowest BCUT2D eigenvalue weighted by Gasteiger charge is -2.28. The summed E-state index contributed by atoms with van der Waals surface area (Å²) in [5, 5.41) is 12.7. The van der Waals surface area contributed by atoms with E-state index in [1.165, 1.54) is 12.8 Å². The molecule has 1 aliphatic carbocycles. The Kier molecular flexibility index (Phi) is 4.85.